The Balaban J connectivity index is 1.58. The number of rotatable bonds is 8. The van der Waals surface area contributed by atoms with Gasteiger partial charge in [0.1, 0.15) is 0 Å². The molecule has 0 saturated heterocycles. The molecular formula is C20H27N3O2. The molecule has 0 bridgehead atoms. The molecule has 0 unspecified atom stereocenters. The van der Waals surface area contributed by atoms with Gasteiger partial charge in [0.15, 0.2) is 0 Å². The summed E-state index contributed by atoms with van der Waals surface area (Å²) in [5.74, 6) is -0.298. The predicted octanol–water partition coefficient (Wildman–Crippen LogP) is 3.98. The van der Waals surface area contributed by atoms with Crippen LogP contribution in [0.5, 0.6) is 0 Å². The van der Waals surface area contributed by atoms with Gasteiger partial charge in [-0.3, -0.25) is 15.0 Å². The van der Waals surface area contributed by atoms with Crippen LogP contribution in [0.3, 0.4) is 0 Å². The predicted molar refractivity (Wildman–Crippen MR) is 99.9 cm³/mol. The maximum Gasteiger partial charge on any atom is 0.243 e. The number of unbranched alkanes of at least 4 members (excludes halogenated alkanes) is 3. The summed E-state index contributed by atoms with van der Waals surface area (Å²) in [6, 6.07) is 8.39. The van der Waals surface area contributed by atoms with E-state index in [4.69, 9.17) is 10.2 Å². The van der Waals surface area contributed by atoms with Gasteiger partial charge in [0.05, 0.1) is 5.52 Å². The molecule has 1 amide bonds. The fourth-order valence-corrected chi connectivity index (χ4v) is 3.61. The third-order valence-corrected chi connectivity index (χ3v) is 4.93. The molecule has 0 atom stereocenters. The summed E-state index contributed by atoms with van der Waals surface area (Å²) >= 11 is 0. The van der Waals surface area contributed by atoms with Gasteiger partial charge in [0.25, 0.3) is 0 Å². The molecule has 25 heavy (non-hydrogen) atoms. The van der Waals surface area contributed by atoms with Crippen LogP contribution in [0.1, 0.15) is 56.2 Å². The number of nitrogens with one attached hydrogen (secondary N) is 2. The zero-order valence-corrected chi connectivity index (χ0v) is 14.7. The van der Waals surface area contributed by atoms with Crippen LogP contribution in [0, 0.1) is 0 Å². The molecule has 0 spiro atoms. The summed E-state index contributed by atoms with van der Waals surface area (Å²) in [7, 11) is 0. The van der Waals surface area contributed by atoms with Crippen LogP contribution in [-0.2, 0) is 17.6 Å². The summed E-state index contributed by atoms with van der Waals surface area (Å²) in [5.41, 5.74) is 6.71. The highest BCUT2D eigenvalue weighted by molar-refractivity contribution is 5.93. The molecule has 1 aliphatic rings. The first-order valence-electron chi connectivity index (χ1n) is 9.37. The summed E-state index contributed by atoms with van der Waals surface area (Å²) in [6.45, 7) is 0.937. The van der Waals surface area contributed by atoms with Crippen molar-refractivity contribution in [2.75, 3.05) is 11.9 Å². The summed E-state index contributed by atoms with van der Waals surface area (Å²) in [4.78, 5) is 15.8. The summed E-state index contributed by atoms with van der Waals surface area (Å²) < 4.78 is 0. The molecule has 3 N–H and O–H groups in total. The number of benzene rings is 1. The standard InChI is InChI=1S/C20H27N3O2/c24-19(23-25)13-3-1-2-8-14-21-20-15-9-4-6-11-17(15)22-18-12-7-5-10-16(18)20/h4,6,9,11,25H,1-3,5,7-8,10,12-14H2,(H,21,22)(H,23,24). The number of carbonyl (C=O) groups excluding carboxylic acids is 1. The van der Waals surface area contributed by atoms with Crippen LogP contribution in [0.2, 0.25) is 0 Å². The Bertz CT molecular complexity index is 730. The van der Waals surface area contributed by atoms with Gasteiger partial charge in [-0.05, 0) is 50.2 Å². The molecule has 1 aliphatic carbocycles. The Hall–Kier alpha value is -2.14. The van der Waals surface area contributed by atoms with Crippen molar-refractivity contribution in [2.45, 2.75) is 57.8 Å². The molecule has 5 nitrogen and oxygen atoms in total. The molecule has 0 aliphatic heterocycles. The van der Waals surface area contributed by atoms with Gasteiger partial charge in [-0.15, -0.1) is 0 Å². The van der Waals surface area contributed by atoms with E-state index in [1.807, 2.05) is 0 Å². The van der Waals surface area contributed by atoms with Crippen molar-refractivity contribution in [2.24, 2.45) is 0 Å². The van der Waals surface area contributed by atoms with Crippen molar-refractivity contribution in [1.82, 2.24) is 10.5 Å². The average molecular weight is 341 g/mol. The number of aromatic nitrogens is 1. The van der Waals surface area contributed by atoms with Crippen molar-refractivity contribution in [3.05, 3.63) is 35.5 Å². The fraction of sp³-hybridized carbons (Fsp3) is 0.500. The lowest BCUT2D eigenvalue weighted by Crippen LogP contribution is -2.17. The number of pyridine rings is 1. The van der Waals surface area contributed by atoms with E-state index in [1.165, 1.54) is 35.2 Å². The maximum absolute atomic E-state index is 11.0. The van der Waals surface area contributed by atoms with E-state index < -0.39 is 0 Å². The number of fused-ring (bicyclic) bond motifs is 2. The number of hydrogen-bond acceptors (Lipinski definition) is 4. The molecule has 2 aromatic rings. The number of nitrogens with zero attached hydrogens (tertiary/aromatic N) is 1. The highest BCUT2D eigenvalue weighted by atomic mass is 16.5. The largest absolute Gasteiger partial charge is 0.384 e. The fourth-order valence-electron chi connectivity index (χ4n) is 3.61. The summed E-state index contributed by atoms with van der Waals surface area (Å²) in [6.07, 6.45) is 9.06. The molecule has 134 valence electrons. The number of para-hydroxylation sites is 1. The molecule has 0 radical (unpaired) electrons. The minimum atomic E-state index is -0.298. The van der Waals surface area contributed by atoms with Gasteiger partial charge >= 0.3 is 0 Å². The van der Waals surface area contributed by atoms with E-state index in [-0.39, 0.29) is 5.91 Å². The number of anilines is 1. The van der Waals surface area contributed by atoms with E-state index in [0.29, 0.717) is 6.42 Å². The van der Waals surface area contributed by atoms with Crippen molar-refractivity contribution in [3.63, 3.8) is 0 Å². The zero-order valence-electron chi connectivity index (χ0n) is 14.7. The van der Waals surface area contributed by atoms with Crippen LogP contribution in [0.15, 0.2) is 24.3 Å². The SMILES string of the molecule is O=C(CCCCCCNc1c2c(nc3ccccc13)CCCC2)NO. The summed E-state index contributed by atoms with van der Waals surface area (Å²) in [5, 5.41) is 13.4. The van der Waals surface area contributed by atoms with E-state index in [9.17, 15) is 4.79 Å². The first-order chi connectivity index (χ1) is 12.3. The Morgan fingerprint density at radius 3 is 2.76 bits per heavy atom. The molecule has 0 fully saturated rings. The van der Waals surface area contributed by atoms with Gasteiger partial charge in [-0.2, -0.15) is 0 Å². The van der Waals surface area contributed by atoms with E-state index in [0.717, 1.165) is 50.6 Å². The smallest absolute Gasteiger partial charge is 0.243 e. The average Bonchev–Trinajstić information content (AvgIpc) is 2.66. The highest BCUT2D eigenvalue weighted by Crippen LogP contribution is 2.33. The number of hydroxylamine groups is 1. The first-order valence-corrected chi connectivity index (χ1v) is 9.37. The second-order valence-corrected chi connectivity index (χ2v) is 6.76. The molecule has 1 aromatic heterocycles. The third kappa shape index (κ3) is 4.48. The van der Waals surface area contributed by atoms with Crippen LogP contribution in [0.4, 0.5) is 5.69 Å². The Kier molecular flexibility index (Phi) is 6.23. The van der Waals surface area contributed by atoms with Gasteiger partial charge in [-0.25, -0.2) is 5.48 Å². The van der Waals surface area contributed by atoms with Crippen LogP contribution < -0.4 is 10.8 Å². The number of aryl methyl sites for hydroxylation is 1. The van der Waals surface area contributed by atoms with Gasteiger partial charge in [-0.1, -0.05) is 31.0 Å². The molecule has 0 saturated carbocycles. The van der Waals surface area contributed by atoms with E-state index >= 15 is 0 Å². The van der Waals surface area contributed by atoms with Crippen LogP contribution >= 0.6 is 0 Å². The highest BCUT2D eigenvalue weighted by Gasteiger charge is 2.17. The Labute approximate surface area is 148 Å². The normalized spacial score (nSPS) is 13.5. The van der Waals surface area contributed by atoms with Gasteiger partial charge in [0.2, 0.25) is 5.91 Å². The van der Waals surface area contributed by atoms with Crippen LogP contribution in [0.25, 0.3) is 10.9 Å². The minimum Gasteiger partial charge on any atom is -0.384 e. The first kappa shape index (κ1) is 17.7. The van der Waals surface area contributed by atoms with E-state index in [2.05, 4.69) is 29.6 Å². The number of hydrogen-bond donors (Lipinski definition) is 3. The second kappa shape index (κ2) is 8.81. The lowest BCUT2D eigenvalue weighted by atomic mass is 9.92. The van der Waals surface area contributed by atoms with Gasteiger partial charge in [0, 0.05) is 29.7 Å². The van der Waals surface area contributed by atoms with Crippen molar-refractivity contribution >= 4 is 22.5 Å². The monoisotopic (exact) mass is 341 g/mol. The number of amides is 1. The molecular weight excluding hydrogens is 314 g/mol. The quantitative estimate of drug-likeness (QED) is 0.386. The second-order valence-electron chi connectivity index (χ2n) is 6.76. The minimum absolute atomic E-state index is 0.298. The van der Waals surface area contributed by atoms with Crippen LogP contribution in [-0.4, -0.2) is 22.6 Å². The Morgan fingerprint density at radius 1 is 1.08 bits per heavy atom. The molecule has 5 heteroatoms. The maximum atomic E-state index is 11.0. The van der Waals surface area contributed by atoms with Gasteiger partial charge < -0.3 is 5.32 Å². The van der Waals surface area contributed by atoms with E-state index in [1.54, 1.807) is 5.48 Å². The van der Waals surface area contributed by atoms with Crippen molar-refractivity contribution in [1.29, 1.82) is 0 Å². The molecule has 3 rings (SSSR count). The third-order valence-electron chi connectivity index (χ3n) is 4.93. The number of carbonyl (C=O) groups is 1. The van der Waals surface area contributed by atoms with Crippen molar-refractivity contribution in [3.8, 4) is 0 Å². The molecule has 1 aromatic carbocycles. The lowest BCUT2D eigenvalue weighted by molar-refractivity contribution is -0.129. The topological polar surface area (TPSA) is 74.2 Å². The lowest BCUT2D eigenvalue weighted by Gasteiger charge is -2.21. The van der Waals surface area contributed by atoms with Crippen molar-refractivity contribution < 1.29 is 10.0 Å². The molecule has 1 heterocycles. The Morgan fingerprint density at radius 2 is 1.88 bits per heavy atom. The zero-order chi connectivity index (χ0) is 17.5.